The number of benzene rings is 2. The Hall–Kier alpha value is -2.07. The Morgan fingerprint density at radius 2 is 1.14 bits per heavy atom. The van der Waals surface area contributed by atoms with Crippen LogP contribution in [-0.4, -0.2) is 33.7 Å². The van der Waals surface area contributed by atoms with Gasteiger partial charge in [-0.3, -0.25) is 4.79 Å². The number of nitrogens with one attached hydrogen (secondary N) is 2. The number of fused-ring (bicyclic) bond motifs is 3. The highest BCUT2D eigenvalue weighted by Crippen LogP contribution is 2.40. The summed E-state index contributed by atoms with van der Waals surface area (Å²) < 4.78 is 58.9. The van der Waals surface area contributed by atoms with Crippen molar-refractivity contribution < 1.29 is 21.6 Å². The monoisotopic (exact) mass is 544 g/mol. The van der Waals surface area contributed by atoms with Gasteiger partial charge in [0.25, 0.3) is 0 Å². The van der Waals surface area contributed by atoms with Crippen molar-refractivity contribution in [3.63, 3.8) is 0 Å². The summed E-state index contributed by atoms with van der Waals surface area (Å²) in [6.45, 7) is 3.94. The minimum absolute atomic E-state index is 0.0518. The van der Waals surface area contributed by atoms with Gasteiger partial charge in [0.15, 0.2) is 5.78 Å². The molecule has 0 bridgehead atoms. The third kappa shape index (κ3) is 5.03. The highest BCUT2D eigenvalue weighted by molar-refractivity contribution is 7.89. The molecule has 0 aromatic heterocycles. The zero-order valence-corrected chi connectivity index (χ0v) is 23.2. The smallest absolute Gasteiger partial charge is 0.241 e. The maximum absolute atomic E-state index is 13.4. The second kappa shape index (κ2) is 9.59. The van der Waals surface area contributed by atoms with E-state index in [4.69, 9.17) is 0 Å². The maximum Gasteiger partial charge on any atom is 0.241 e. The molecule has 9 heteroatoms. The first kappa shape index (κ1) is 26.5. The predicted molar refractivity (Wildman–Crippen MR) is 144 cm³/mol. The topological polar surface area (TPSA) is 109 Å². The van der Waals surface area contributed by atoms with Crippen LogP contribution in [0.15, 0.2) is 46.2 Å². The molecule has 5 rings (SSSR count). The summed E-state index contributed by atoms with van der Waals surface area (Å²) in [5, 5.41) is 0. The van der Waals surface area contributed by atoms with Crippen molar-refractivity contribution in [2.75, 3.05) is 0 Å². The van der Waals surface area contributed by atoms with E-state index >= 15 is 0 Å². The van der Waals surface area contributed by atoms with Crippen molar-refractivity contribution in [2.24, 2.45) is 0 Å². The van der Waals surface area contributed by atoms with E-state index < -0.39 is 31.1 Å². The van der Waals surface area contributed by atoms with E-state index in [2.05, 4.69) is 9.44 Å². The Morgan fingerprint density at radius 1 is 0.676 bits per heavy atom. The van der Waals surface area contributed by atoms with E-state index in [1.165, 1.54) is 24.3 Å². The molecule has 0 atom stereocenters. The average molecular weight is 545 g/mol. The standard InChI is InChI=1S/C28H36N2O5S2/c1-3-28(16-8-5-9-17-28)30-37(34,35)21-11-13-23-22-12-10-20(18-24(22)26(31)25(23)19-21)36(32,33)29-27(2)14-6-4-7-15-27/h10-13,18-19,29-30H,3-9,14-17H2,1-2H3. The van der Waals surface area contributed by atoms with E-state index in [1.807, 2.05) is 13.8 Å². The van der Waals surface area contributed by atoms with Crippen molar-refractivity contribution in [2.45, 2.75) is 105 Å². The molecule has 0 radical (unpaired) electrons. The summed E-state index contributed by atoms with van der Waals surface area (Å²) in [7, 11) is -7.64. The van der Waals surface area contributed by atoms with E-state index in [1.54, 1.807) is 12.1 Å². The van der Waals surface area contributed by atoms with Gasteiger partial charge >= 0.3 is 0 Å². The lowest BCUT2D eigenvalue weighted by Gasteiger charge is -2.37. The fourth-order valence-corrected chi connectivity index (χ4v) is 9.34. The molecule has 3 aliphatic rings. The van der Waals surface area contributed by atoms with E-state index in [-0.39, 0.29) is 26.7 Å². The first-order valence-electron chi connectivity index (χ1n) is 13.4. The van der Waals surface area contributed by atoms with Crippen LogP contribution in [0, 0.1) is 0 Å². The lowest BCUT2D eigenvalue weighted by molar-refractivity contribution is 0.104. The Kier molecular flexibility index (Phi) is 6.88. The minimum atomic E-state index is -3.83. The largest absolute Gasteiger partial charge is 0.289 e. The SMILES string of the molecule is CCC1(NS(=O)(=O)c2ccc3c(c2)C(=O)c2cc(S(=O)(=O)NC4(C)CCCCC4)ccc2-3)CCCCC1. The molecule has 37 heavy (non-hydrogen) atoms. The first-order valence-corrected chi connectivity index (χ1v) is 16.4. The summed E-state index contributed by atoms with van der Waals surface area (Å²) in [5.74, 6) is -0.356. The third-order valence-electron chi connectivity index (χ3n) is 8.56. The number of rotatable bonds is 7. The van der Waals surface area contributed by atoms with Crippen molar-refractivity contribution >= 4 is 25.8 Å². The van der Waals surface area contributed by atoms with E-state index in [9.17, 15) is 21.6 Å². The minimum Gasteiger partial charge on any atom is -0.289 e. The molecule has 2 aromatic carbocycles. The molecule has 200 valence electrons. The predicted octanol–water partition coefficient (Wildman–Crippen LogP) is 5.29. The molecular weight excluding hydrogens is 508 g/mol. The Bertz CT molecular complexity index is 1430. The van der Waals surface area contributed by atoms with Gasteiger partial charge in [-0.2, -0.15) is 0 Å². The second-order valence-corrected chi connectivity index (χ2v) is 14.6. The lowest BCUT2D eigenvalue weighted by atomic mass is 9.81. The molecule has 2 saturated carbocycles. The van der Waals surface area contributed by atoms with Crippen LogP contribution < -0.4 is 9.44 Å². The van der Waals surface area contributed by atoms with Gasteiger partial charge < -0.3 is 0 Å². The molecular formula is C28H36N2O5S2. The molecule has 0 unspecified atom stereocenters. The molecule has 7 nitrogen and oxygen atoms in total. The molecule has 3 aliphatic carbocycles. The van der Waals surface area contributed by atoms with Crippen LogP contribution in [-0.2, 0) is 20.0 Å². The number of carbonyl (C=O) groups excluding carboxylic acids is 1. The van der Waals surface area contributed by atoms with Crippen molar-refractivity contribution in [3.8, 4) is 11.1 Å². The molecule has 2 N–H and O–H groups in total. The van der Waals surface area contributed by atoms with E-state index in [0.717, 1.165) is 64.2 Å². The molecule has 0 saturated heterocycles. The van der Waals surface area contributed by atoms with Gasteiger partial charge in [-0.25, -0.2) is 26.3 Å². The maximum atomic E-state index is 13.4. The molecule has 0 spiro atoms. The van der Waals surface area contributed by atoms with Gasteiger partial charge in [0, 0.05) is 22.2 Å². The van der Waals surface area contributed by atoms with E-state index in [0.29, 0.717) is 17.5 Å². The zero-order valence-electron chi connectivity index (χ0n) is 21.6. The number of sulfonamides is 2. The Morgan fingerprint density at radius 3 is 1.62 bits per heavy atom. The molecule has 2 fully saturated rings. The van der Waals surface area contributed by atoms with Gasteiger partial charge in [-0.05, 0) is 74.4 Å². The van der Waals surface area contributed by atoms with Crippen LogP contribution in [0.25, 0.3) is 11.1 Å². The normalized spacial score (nSPS) is 20.9. The third-order valence-corrected chi connectivity index (χ3v) is 11.8. The Labute approximate surface area is 220 Å². The van der Waals surface area contributed by atoms with Gasteiger partial charge in [-0.1, -0.05) is 57.6 Å². The molecule has 0 heterocycles. The number of ketones is 1. The Balaban J connectivity index is 1.43. The summed E-state index contributed by atoms with van der Waals surface area (Å²) in [6.07, 6.45) is 10.1. The number of hydrogen-bond donors (Lipinski definition) is 2. The number of carbonyl (C=O) groups is 1. The van der Waals surface area contributed by atoms with Crippen molar-refractivity contribution in [1.82, 2.24) is 9.44 Å². The first-order chi connectivity index (χ1) is 17.5. The van der Waals surface area contributed by atoms with Crippen LogP contribution in [0.4, 0.5) is 0 Å². The zero-order chi connectivity index (χ0) is 26.5. The average Bonchev–Trinajstić information content (AvgIpc) is 3.15. The van der Waals surface area contributed by atoms with Gasteiger partial charge in [-0.15, -0.1) is 0 Å². The quantitative estimate of drug-likeness (QED) is 0.420. The van der Waals surface area contributed by atoms with Crippen LogP contribution in [0.1, 0.15) is 100 Å². The van der Waals surface area contributed by atoms with Crippen LogP contribution >= 0.6 is 0 Å². The fraction of sp³-hybridized carbons (Fsp3) is 0.536. The van der Waals surface area contributed by atoms with Crippen LogP contribution in [0.3, 0.4) is 0 Å². The summed E-state index contributed by atoms with van der Waals surface area (Å²) in [6, 6.07) is 9.22. The summed E-state index contributed by atoms with van der Waals surface area (Å²) in [5.41, 5.74) is 0.872. The van der Waals surface area contributed by atoms with Gasteiger partial charge in [0.2, 0.25) is 20.0 Å². The molecule has 0 aliphatic heterocycles. The molecule has 0 amide bonds. The van der Waals surface area contributed by atoms with Crippen LogP contribution in [0.2, 0.25) is 0 Å². The fourth-order valence-electron chi connectivity index (χ4n) is 6.29. The van der Waals surface area contributed by atoms with Gasteiger partial charge in [0.1, 0.15) is 0 Å². The molecule has 2 aromatic rings. The lowest BCUT2D eigenvalue weighted by Crippen LogP contribution is -2.49. The summed E-state index contributed by atoms with van der Waals surface area (Å²) >= 11 is 0. The van der Waals surface area contributed by atoms with Crippen molar-refractivity contribution in [3.05, 3.63) is 47.5 Å². The summed E-state index contributed by atoms with van der Waals surface area (Å²) in [4.78, 5) is 13.5. The highest BCUT2D eigenvalue weighted by atomic mass is 32.2. The van der Waals surface area contributed by atoms with Gasteiger partial charge in [0.05, 0.1) is 9.79 Å². The van der Waals surface area contributed by atoms with Crippen LogP contribution in [0.5, 0.6) is 0 Å². The second-order valence-electron chi connectivity index (χ2n) is 11.3. The highest BCUT2D eigenvalue weighted by Gasteiger charge is 2.37. The van der Waals surface area contributed by atoms with Crippen molar-refractivity contribution in [1.29, 1.82) is 0 Å². The number of hydrogen-bond acceptors (Lipinski definition) is 5.